The first-order valence-corrected chi connectivity index (χ1v) is 19.0. The Morgan fingerprint density at radius 1 is 0.906 bits per heavy atom. The van der Waals surface area contributed by atoms with Crippen LogP contribution in [0.2, 0.25) is 0 Å². The molecule has 0 spiro atoms. The zero-order valence-electron chi connectivity index (χ0n) is 31.0. The number of aromatic amines is 1. The average Bonchev–Trinajstić information content (AvgIpc) is 3.54. The van der Waals surface area contributed by atoms with E-state index in [-0.39, 0.29) is 38.3 Å². The molecule has 0 bridgehead atoms. The summed E-state index contributed by atoms with van der Waals surface area (Å²) < 4.78 is 41.6. The number of nitriles is 1. The lowest BCUT2D eigenvalue weighted by Crippen LogP contribution is -2.36. The Morgan fingerprint density at radius 2 is 1.55 bits per heavy atom. The highest BCUT2D eigenvalue weighted by Crippen LogP contribution is 2.50. The van der Waals surface area contributed by atoms with Crippen LogP contribution in [0.15, 0.2) is 94.6 Å². The van der Waals surface area contributed by atoms with E-state index in [1.807, 2.05) is 78.9 Å². The van der Waals surface area contributed by atoms with Crippen molar-refractivity contribution >= 4 is 8.53 Å². The van der Waals surface area contributed by atoms with Crippen LogP contribution in [-0.4, -0.2) is 51.7 Å². The molecule has 1 aliphatic heterocycles. The van der Waals surface area contributed by atoms with Crippen LogP contribution in [0.4, 0.5) is 0 Å². The molecule has 1 fully saturated rings. The molecule has 4 atom stereocenters. The van der Waals surface area contributed by atoms with E-state index in [1.54, 1.807) is 6.92 Å². The molecule has 1 saturated heterocycles. The fourth-order valence-electron chi connectivity index (χ4n) is 5.98. The number of benzene rings is 3. The third kappa shape index (κ3) is 11.3. The maximum absolute atomic E-state index is 12.9. The minimum Gasteiger partial charge on any atom is -0.485 e. The summed E-state index contributed by atoms with van der Waals surface area (Å²) in [7, 11) is -1.60. The zero-order chi connectivity index (χ0) is 37.7. The van der Waals surface area contributed by atoms with Crippen molar-refractivity contribution in [3.8, 4) is 17.6 Å². The van der Waals surface area contributed by atoms with Gasteiger partial charge in [-0.15, -0.1) is 0 Å². The molecule has 12 nitrogen and oxygen atoms in total. The molecule has 1 N–H and O–H groups in total. The summed E-state index contributed by atoms with van der Waals surface area (Å²) in [6.07, 6.45) is 0.234. The predicted octanol–water partition coefficient (Wildman–Crippen LogP) is 7.17. The molecule has 282 valence electrons. The van der Waals surface area contributed by atoms with Crippen LogP contribution in [0.1, 0.15) is 69.0 Å². The van der Waals surface area contributed by atoms with Gasteiger partial charge in [-0.25, -0.2) is 9.46 Å². The van der Waals surface area contributed by atoms with Gasteiger partial charge in [0.2, 0.25) is 0 Å². The van der Waals surface area contributed by atoms with Crippen molar-refractivity contribution < 1.29 is 28.0 Å². The largest absolute Gasteiger partial charge is 0.485 e. The molecule has 13 heteroatoms. The summed E-state index contributed by atoms with van der Waals surface area (Å²) in [5.74, 6) is 1.22. The molecule has 0 saturated carbocycles. The lowest BCUT2D eigenvalue weighted by molar-refractivity contribution is -0.0647. The van der Waals surface area contributed by atoms with E-state index in [0.717, 1.165) is 16.7 Å². The van der Waals surface area contributed by atoms with Crippen molar-refractivity contribution in [1.29, 1.82) is 5.26 Å². The number of H-pyrrole nitrogens is 1. The normalized spacial score (nSPS) is 17.7. The van der Waals surface area contributed by atoms with E-state index in [4.69, 9.17) is 28.0 Å². The van der Waals surface area contributed by atoms with E-state index in [0.29, 0.717) is 36.7 Å². The highest BCUT2D eigenvalue weighted by molar-refractivity contribution is 7.44. The monoisotopic (exact) mass is 744 g/mol. The first-order chi connectivity index (χ1) is 25.6. The summed E-state index contributed by atoms with van der Waals surface area (Å²) in [6, 6.07) is 28.0. The number of rotatable bonds is 19. The van der Waals surface area contributed by atoms with Gasteiger partial charge < -0.3 is 28.0 Å². The second-order valence-electron chi connectivity index (χ2n) is 13.4. The average molecular weight is 745 g/mol. The van der Waals surface area contributed by atoms with Crippen molar-refractivity contribution in [3.05, 3.63) is 128 Å². The van der Waals surface area contributed by atoms with Gasteiger partial charge in [0, 0.05) is 30.3 Å². The topological polar surface area (TPSA) is 137 Å². The Balaban J connectivity index is 1.33. The Labute approximate surface area is 312 Å². The van der Waals surface area contributed by atoms with Crippen molar-refractivity contribution in [3.63, 3.8) is 0 Å². The molecule has 2 heterocycles. The molecule has 3 aromatic carbocycles. The highest BCUT2D eigenvalue weighted by Gasteiger charge is 2.41. The predicted molar refractivity (Wildman–Crippen MR) is 202 cm³/mol. The summed E-state index contributed by atoms with van der Waals surface area (Å²) in [6.45, 7) is 11.3. The third-order valence-electron chi connectivity index (χ3n) is 8.56. The molecule has 4 aromatic rings. The van der Waals surface area contributed by atoms with Crippen LogP contribution >= 0.6 is 8.53 Å². The molecule has 53 heavy (non-hydrogen) atoms. The van der Waals surface area contributed by atoms with Gasteiger partial charge in [-0.3, -0.25) is 14.3 Å². The quantitative estimate of drug-likeness (QED) is 0.0777. The highest BCUT2D eigenvalue weighted by atomic mass is 31.2. The van der Waals surface area contributed by atoms with E-state index in [9.17, 15) is 14.9 Å². The van der Waals surface area contributed by atoms with Crippen LogP contribution in [-0.2, 0) is 38.3 Å². The van der Waals surface area contributed by atoms with Crippen LogP contribution in [0.25, 0.3) is 0 Å². The van der Waals surface area contributed by atoms with Gasteiger partial charge in [-0.05, 0) is 63.4 Å². The van der Waals surface area contributed by atoms with Crippen LogP contribution in [0.5, 0.6) is 11.5 Å². The van der Waals surface area contributed by atoms with Gasteiger partial charge in [0.05, 0.1) is 38.4 Å². The van der Waals surface area contributed by atoms with Crippen molar-refractivity contribution in [1.82, 2.24) is 14.2 Å². The molecule has 0 aliphatic carbocycles. The molecule has 1 aromatic heterocycles. The Bertz CT molecular complexity index is 1890. The maximum atomic E-state index is 12.9. The maximum Gasteiger partial charge on any atom is 0.330 e. The molecular weight excluding hydrogens is 695 g/mol. The SMILES string of the molecule is Cc1cn([C@H]2C[C@H](OP(OCCC#N)N(C(C)C)C(C)C)[C@@H](COCc3ccc(OCc4ccccc4)c(OCc4ccccc4)c3)O2)c(=O)[nH]c1=O. The summed E-state index contributed by atoms with van der Waals surface area (Å²) in [5, 5.41) is 9.18. The number of aryl methyl sites for hydroxylation is 1. The van der Waals surface area contributed by atoms with Crippen LogP contribution in [0, 0.1) is 18.3 Å². The number of hydrogen-bond acceptors (Lipinski definition) is 10. The fourth-order valence-corrected chi connectivity index (χ4v) is 7.74. The smallest absolute Gasteiger partial charge is 0.330 e. The van der Waals surface area contributed by atoms with Gasteiger partial charge in [0.1, 0.15) is 25.5 Å². The van der Waals surface area contributed by atoms with E-state index in [2.05, 4.69) is 43.4 Å². The third-order valence-corrected chi connectivity index (χ3v) is 10.7. The van der Waals surface area contributed by atoms with Crippen molar-refractivity contribution in [2.45, 2.75) is 97.8 Å². The Kier molecular flexibility index (Phi) is 14.8. The minimum absolute atomic E-state index is 0.0958. The standard InChI is InChI=1S/C40H49N4O8P/c1-28(2)44(29(3)4)53(50-20-12-19-41)52-36-22-38(43-23-30(5)39(45)42-40(43)46)51-37(36)27-47-24-33-17-18-34(48-25-31-13-8-6-9-14-31)35(21-33)49-26-32-15-10-7-11-16-32/h6-11,13-18,21,23,28-29,36-38H,12,20,22,24-27H2,1-5H3,(H,42,45,46)/t36-,37+,38+,53?/m0/s1. The first-order valence-electron chi connectivity index (χ1n) is 17.9. The van der Waals surface area contributed by atoms with Gasteiger partial charge in [0.15, 0.2) is 11.5 Å². The van der Waals surface area contributed by atoms with Gasteiger partial charge >= 0.3 is 5.69 Å². The minimum atomic E-state index is -1.60. The second-order valence-corrected chi connectivity index (χ2v) is 14.8. The van der Waals surface area contributed by atoms with Crippen molar-refractivity contribution in [2.24, 2.45) is 0 Å². The fraction of sp³-hybridized carbons (Fsp3) is 0.425. The van der Waals surface area contributed by atoms with Crippen LogP contribution < -0.4 is 20.7 Å². The molecule has 0 amide bonds. The van der Waals surface area contributed by atoms with Crippen LogP contribution in [0.3, 0.4) is 0 Å². The number of hydrogen-bond donors (Lipinski definition) is 1. The molecule has 1 unspecified atom stereocenters. The van der Waals surface area contributed by atoms with E-state index >= 15 is 0 Å². The number of nitrogens with zero attached hydrogens (tertiary/aromatic N) is 3. The van der Waals surface area contributed by atoms with Gasteiger partial charge in [-0.1, -0.05) is 66.7 Å². The van der Waals surface area contributed by atoms with E-state index in [1.165, 1.54) is 10.8 Å². The number of ether oxygens (including phenoxy) is 4. The van der Waals surface area contributed by atoms with E-state index < -0.39 is 38.2 Å². The van der Waals surface area contributed by atoms with Gasteiger partial charge in [-0.2, -0.15) is 5.26 Å². The lowest BCUT2D eigenvalue weighted by atomic mass is 10.2. The Hall–Kier alpha value is -4.34. The summed E-state index contributed by atoms with van der Waals surface area (Å²) >= 11 is 0. The number of nitrogens with one attached hydrogen (secondary N) is 1. The molecule has 1 aliphatic rings. The Morgan fingerprint density at radius 3 is 2.17 bits per heavy atom. The molecule has 0 radical (unpaired) electrons. The summed E-state index contributed by atoms with van der Waals surface area (Å²) in [4.78, 5) is 27.4. The molecule has 5 rings (SSSR count). The summed E-state index contributed by atoms with van der Waals surface area (Å²) in [5.41, 5.74) is 2.32. The van der Waals surface area contributed by atoms with Crippen molar-refractivity contribution in [2.75, 3.05) is 13.2 Å². The zero-order valence-corrected chi connectivity index (χ0v) is 31.9. The lowest BCUT2D eigenvalue weighted by Gasteiger charge is -2.37. The molecular formula is C40H49N4O8P. The first kappa shape index (κ1) is 39.9. The van der Waals surface area contributed by atoms with Gasteiger partial charge in [0.25, 0.3) is 14.1 Å². The number of aromatic nitrogens is 2. The second kappa shape index (κ2) is 19.7.